The fraction of sp³-hybridized carbons (Fsp3) is 0.615. The van der Waals surface area contributed by atoms with Gasteiger partial charge in [0.1, 0.15) is 0 Å². The van der Waals surface area contributed by atoms with Gasteiger partial charge in [-0.3, -0.25) is 0 Å². The fourth-order valence-electron chi connectivity index (χ4n) is 0.867. The van der Waals surface area contributed by atoms with Gasteiger partial charge in [-0.25, -0.2) is 0 Å². The molecule has 0 saturated heterocycles. The van der Waals surface area contributed by atoms with Crippen molar-refractivity contribution in [3.63, 3.8) is 0 Å². The van der Waals surface area contributed by atoms with Crippen molar-refractivity contribution in [2.24, 2.45) is 16.6 Å². The van der Waals surface area contributed by atoms with E-state index in [9.17, 15) is 0 Å². The van der Waals surface area contributed by atoms with Gasteiger partial charge in [0.2, 0.25) is 0 Å². The molecule has 0 saturated carbocycles. The molecule has 0 aliphatic heterocycles. The molecule has 0 bridgehead atoms. The second-order valence-corrected chi connectivity index (χ2v) is 9.08. The third-order valence-corrected chi connectivity index (χ3v) is 2.78. The van der Waals surface area contributed by atoms with Crippen LogP contribution in [-0.2, 0) is 0 Å². The van der Waals surface area contributed by atoms with Crippen LogP contribution >= 0.6 is 0 Å². The average molecular weight is 378 g/mol. The minimum absolute atomic E-state index is 0.361. The lowest BCUT2D eigenvalue weighted by molar-refractivity contribution is 0.365. The van der Waals surface area contributed by atoms with E-state index in [1.807, 2.05) is 52.8 Å². The van der Waals surface area contributed by atoms with Gasteiger partial charge in [0.15, 0.2) is 0 Å². The van der Waals surface area contributed by atoms with Crippen LogP contribution < -0.4 is 5.73 Å². The number of hydrogen-bond donors (Lipinski definition) is 1. The quantitative estimate of drug-likeness (QED) is 0.523. The fourth-order valence-corrected chi connectivity index (χ4v) is 0.867. The van der Waals surface area contributed by atoms with Crippen molar-refractivity contribution in [2.75, 3.05) is 6.54 Å². The molecule has 0 radical (unpaired) electrons. The van der Waals surface area contributed by atoms with Crippen molar-refractivity contribution in [3.8, 4) is 0 Å². The van der Waals surface area contributed by atoms with Crippen LogP contribution in [-0.4, -0.2) is 6.54 Å². The van der Waals surface area contributed by atoms with Crippen molar-refractivity contribution in [1.29, 1.82) is 0 Å². The molecule has 1 aromatic rings. The summed E-state index contributed by atoms with van der Waals surface area (Å²) >= 11 is 0. The van der Waals surface area contributed by atoms with Gasteiger partial charge >= 0.3 is 0 Å². The van der Waals surface area contributed by atoms with Crippen LogP contribution in [0.15, 0.2) is 49.1 Å². The van der Waals surface area contributed by atoms with Crippen LogP contribution in [0.2, 0.25) is 0 Å². The van der Waals surface area contributed by atoms with Gasteiger partial charge < -0.3 is 5.73 Å². The summed E-state index contributed by atoms with van der Waals surface area (Å²) in [5.41, 5.74) is 9.79. The Morgan fingerprint density at radius 2 is 1.15 bits per heavy atom. The standard InChI is InChI=1S/C9H10.C6H15N.C5H12.C4H8.C2H6/c1-8(2)9-6-4-3-5-7-9;1-4-6(2,3)5-7;1-5(2,3)4;1-4(2)3;1-2/h3-7H,1H2,2H3;4-5,7H2,1-3H3;1-4H3;1H2,2-3H3;1-2H3. The first kappa shape index (κ1) is 33.3. The zero-order valence-electron chi connectivity index (χ0n) is 20.8. The van der Waals surface area contributed by atoms with Gasteiger partial charge in [0.25, 0.3) is 0 Å². The highest BCUT2D eigenvalue weighted by atomic mass is 14.6. The van der Waals surface area contributed by atoms with Gasteiger partial charge in [0, 0.05) is 0 Å². The third kappa shape index (κ3) is 45.6. The minimum Gasteiger partial charge on any atom is -0.330 e. The molecule has 0 aliphatic rings. The first-order valence-corrected chi connectivity index (χ1v) is 10.2. The maximum atomic E-state index is 5.42. The van der Waals surface area contributed by atoms with E-state index in [1.54, 1.807) is 0 Å². The topological polar surface area (TPSA) is 26.0 Å². The number of nitrogens with two attached hydrogens (primary N) is 1. The van der Waals surface area contributed by atoms with Crippen molar-refractivity contribution in [3.05, 3.63) is 54.6 Å². The Morgan fingerprint density at radius 1 is 0.852 bits per heavy atom. The SMILES string of the molecule is C=C(C)C.C=C(C)c1ccccc1.CC.CC(C)(C)C.CCC(C)(C)CN. The second kappa shape index (κ2) is 19.4. The highest BCUT2D eigenvalue weighted by Crippen LogP contribution is 2.15. The molecule has 0 fully saturated rings. The molecule has 2 N–H and O–H groups in total. The normalized spacial score (nSPS) is 9.52. The lowest BCUT2D eigenvalue weighted by Crippen LogP contribution is -2.21. The number of hydrogen-bond acceptors (Lipinski definition) is 1. The minimum atomic E-state index is 0.361. The Morgan fingerprint density at radius 3 is 1.26 bits per heavy atom. The first-order valence-electron chi connectivity index (χ1n) is 10.2. The third-order valence-electron chi connectivity index (χ3n) is 2.78. The molecule has 0 amide bonds. The van der Waals surface area contributed by atoms with Crippen molar-refractivity contribution < 1.29 is 0 Å². The van der Waals surface area contributed by atoms with E-state index in [0.717, 1.165) is 12.1 Å². The maximum Gasteiger partial charge on any atom is -0.00259 e. The van der Waals surface area contributed by atoms with Gasteiger partial charge in [-0.2, -0.15) is 0 Å². The van der Waals surface area contributed by atoms with E-state index in [-0.39, 0.29) is 0 Å². The highest BCUT2D eigenvalue weighted by molar-refractivity contribution is 5.60. The molecule has 1 aromatic carbocycles. The number of benzene rings is 1. The molecule has 1 rings (SSSR count). The predicted octanol–water partition coefficient (Wildman–Crippen LogP) is 8.76. The first-order chi connectivity index (χ1) is 12.2. The zero-order valence-corrected chi connectivity index (χ0v) is 20.8. The molecular weight excluding hydrogens is 326 g/mol. The van der Waals surface area contributed by atoms with Crippen LogP contribution in [0.4, 0.5) is 0 Å². The van der Waals surface area contributed by atoms with Gasteiger partial charge in [-0.15, -0.1) is 6.58 Å². The van der Waals surface area contributed by atoms with Crippen LogP contribution in [0, 0.1) is 10.8 Å². The highest BCUT2D eigenvalue weighted by Gasteiger charge is 2.10. The van der Waals surface area contributed by atoms with Crippen molar-refractivity contribution >= 4 is 5.57 Å². The van der Waals surface area contributed by atoms with E-state index in [4.69, 9.17) is 5.73 Å². The van der Waals surface area contributed by atoms with E-state index < -0.39 is 0 Å². The molecule has 0 heterocycles. The lowest BCUT2D eigenvalue weighted by atomic mass is 9.91. The molecule has 160 valence electrons. The molecule has 1 nitrogen and oxygen atoms in total. The Balaban J connectivity index is -0.000000133. The van der Waals surface area contributed by atoms with E-state index in [1.165, 1.54) is 17.6 Å². The maximum absolute atomic E-state index is 5.42. The summed E-state index contributed by atoms with van der Waals surface area (Å²) in [6.07, 6.45) is 1.17. The smallest absolute Gasteiger partial charge is 0.00259 e. The molecule has 0 unspecified atom stereocenters. The van der Waals surface area contributed by atoms with Gasteiger partial charge in [-0.1, -0.05) is 110 Å². The molecule has 27 heavy (non-hydrogen) atoms. The average Bonchev–Trinajstić information content (AvgIpc) is 2.56. The van der Waals surface area contributed by atoms with Crippen molar-refractivity contribution in [1.82, 2.24) is 0 Å². The summed E-state index contributed by atoms with van der Waals surface area (Å²) in [6, 6.07) is 10.2. The van der Waals surface area contributed by atoms with Crippen molar-refractivity contribution in [2.45, 2.75) is 89.5 Å². The summed E-state index contributed by atoms with van der Waals surface area (Å²) in [5, 5.41) is 0. The van der Waals surface area contributed by atoms with E-state index >= 15 is 0 Å². The molecule has 1 heteroatoms. The molecule has 0 atom stereocenters. The number of allylic oxidation sites excluding steroid dienone is 2. The zero-order chi connectivity index (χ0) is 22.7. The molecule has 0 aromatic heterocycles. The largest absolute Gasteiger partial charge is 0.330 e. The molecule has 0 aliphatic carbocycles. The Bertz CT molecular complexity index is 431. The molecular formula is C26H51N. The lowest BCUT2D eigenvalue weighted by Gasteiger charge is -2.18. The second-order valence-electron chi connectivity index (χ2n) is 9.08. The monoisotopic (exact) mass is 377 g/mol. The summed E-state index contributed by atoms with van der Waals surface area (Å²) in [5.74, 6) is 0. The summed E-state index contributed by atoms with van der Waals surface area (Å²) in [6.45, 7) is 33.4. The van der Waals surface area contributed by atoms with Gasteiger partial charge in [-0.05, 0) is 50.1 Å². The summed E-state index contributed by atoms with van der Waals surface area (Å²) in [7, 11) is 0. The van der Waals surface area contributed by atoms with E-state index in [2.05, 4.69) is 73.8 Å². The Labute approximate surface area is 173 Å². The number of rotatable bonds is 3. The van der Waals surface area contributed by atoms with Crippen LogP contribution in [0.3, 0.4) is 0 Å². The van der Waals surface area contributed by atoms with Crippen LogP contribution in [0.1, 0.15) is 95.1 Å². The Hall–Kier alpha value is -1.34. The summed E-state index contributed by atoms with van der Waals surface area (Å²) in [4.78, 5) is 0. The summed E-state index contributed by atoms with van der Waals surface area (Å²) < 4.78 is 0. The predicted molar refractivity (Wildman–Crippen MR) is 131 cm³/mol. The van der Waals surface area contributed by atoms with E-state index in [0.29, 0.717) is 10.8 Å². The van der Waals surface area contributed by atoms with Gasteiger partial charge in [0.05, 0.1) is 0 Å². The van der Waals surface area contributed by atoms with Crippen LogP contribution in [0.5, 0.6) is 0 Å². The molecule has 0 spiro atoms. The van der Waals surface area contributed by atoms with Crippen LogP contribution in [0.25, 0.3) is 5.57 Å². The Kier molecular flexibility index (Phi) is 23.9.